The van der Waals surface area contributed by atoms with Crippen LogP contribution < -0.4 is 10.1 Å². The molecule has 2 aromatic rings. The fourth-order valence-corrected chi connectivity index (χ4v) is 3.00. The van der Waals surface area contributed by atoms with Gasteiger partial charge in [-0.3, -0.25) is 4.79 Å². The van der Waals surface area contributed by atoms with Crippen LogP contribution >= 0.6 is 27.7 Å². The van der Waals surface area contributed by atoms with E-state index in [9.17, 15) is 4.79 Å². The maximum atomic E-state index is 12.0. The lowest BCUT2D eigenvalue weighted by molar-refractivity contribution is -0.113. The number of carbonyl (C=O) groups excluding carboxylic acids is 1. The van der Waals surface area contributed by atoms with Crippen LogP contribution in [0.15, 0.2) is 46.9 Å². The van der Waals surface area contributed by atoms with Crippen LogP contribution in [0, 0.1) is 6.92 Å². The molecule has 5 heteroatoms. The molecule has 0 atom stereocenters. The number of nitrogens with one attached hydrogen (secondary N) is 1. The Kier molecular flexibility index (Phi) is 6.34. The van der Waals surface area contributed by atoms with Gasteiger partial charge in [0.1, 0.15) is 5.75 Å². The Morgan fingerprint density at radius 1 is 1.23 bits per heavy atom. The van der Waals surface area contributed by atoms with E-state index in [2.05, 4.69) is 33.4 Å². The van der Waals surface area contributed by atoms with Gasteiger partial charge in [-0.15, -0.1) is 11.8 Å². The van der Waals surface area contributed by atoms with Gasteiger partial charge in [-0.1, -0.05) is 34.1 Å². The average Bonchev–Trinajstić information content (AvgIpc) is 2.49. The monoisotopic (exact) mass is 379 g/mol. The first-order valence-electron chi connectivity index (χ1n) is 6.85. The first-order valence-corrected chi connectivity index (χ1v) is 8.80. The summed E-state index contributed by atoms with van der Waals surface area (Å²) in [5.41, 5.74) is 3.00. The molecule has 0 saturated heterocycles. The third-order valence-electron chi connectivity index (χ3n) is 3.04. The lowest BCUT2D eigenvalue weighted by Crippen LogP contribution is -2.15. The summed E-state index contributed by atoms with van der Waals surface area (Å²) in [6.45, 7) is 1.98. The average molecular weight is 380 g/mol. The van der Waals surface area contributed by atoms with Crippen LogP contribution in [-0.4, -0.2) is 18.8 Å². The van der Waals surface area contributed by atoms with E-state index in [0.717, 1.165) is 21.5 Å². The van der Waals surface area contributed by atoms with Crippen LogP contribution in [0.25, 0.3) is 0 Å². The van der Waals surface area contributed by atoms with Gasteiger partial charge in [0.05, 0.1) is 18.6 Å². The number of aryl methyl sites for hydroxylation is 1. The summed E-state index contributed by atoms with van der Waals surface area (Å²) < 4.78 is 6.32. The zero-order valence-corrected chi connectivity index (χ0v) is 15.0. The molecule has 0 heterocycles. The predicted molar refractivity (Wildman–Crippen MR) is 96.7 cm³/mol. The summed E-state index contributed by atoms with van der Waals surface area (Å²) >= 11 is 5.00. The number of anilines is 1. The molecule has 2 aromatic carbocycles. The largest absolute Gasteiger partial charge is 0.495 e. The maximum absolute atomic E-state index is 12.0. The molecule has 0 aromatic heterocycles. The number of halogens is 1. The fourth-order valence-electron chi connectivity index (χ4n) is 1.95. The Morgan fingerprint density at radius 2 is 1.95 bits per heavy atom. The van der Waals surface area contributed by atoms with Gasteiger partial charge in [0.2, 0.25) is 5.91 Å². The number of methoxy groups -OCH3 is 1. The van der Waals surface area contributed by atoms with Crippen molar-refractivity contribution in [1.29, 1.82) is 0 Å². The van der Waals surface area contributed by atoms with Crippen molar-refractivity contribution in [2.75, 3.05) is 18.2 Å². The third-order valence-corrected chi connectivity index (χ3v) is 4.58. The van der Waals surface area contributed by atoms with E-state index in [4.69, 9.17) is 4.74 Å². The fraction of sp³-hybridized carbons (Fsp3) is 0.235. The highest BCUT2D eigenvalue weighted by Gasteiger charge is 2.08. The zero-order chi connectivity index (χ0) is 15.9. The van der Waals surface area contributed by atoms with Crippen LogP contribution in [0.2, 0.25) is 0 Å². The number of thioether (sulfide) groups is 1. The van der Waals surface area contributed by atoms with E-state index in [1.165, 1.54) is 5.56 Å². The molecular weight excluding hydrogens is 362 g/mol. The molecule has 1 N–H and O–H groups in total. The quantitative estimate of drug-likeness (QED) is 0.794. The van der Waals surface area contributed by atoms with Gasteiger partial charge in [0, 0.05) is 10.2 Å². The number of ether oxygens (including phenoxy) is 1. The lowest BCUT2D eigenvalue weighted by atomic mass is 10.2. The Labute approximate surface area is 143 Å². The number of amides is 1. The Balaban J connectivity index is 1.85. The van der Waals surface area contributed by atoms with E-state index in [-0.39, 0.29) is 5.91 Å². The minimum absolute atomic E-state index is 0.0222. The molecule has 1 amide bonds. The molecule has 0 saturated carbocycles. The minimum Gasteiger partial charge on any atom is -0.495 e. The summed E-state index contributed by atoms with van der Waals surface area (Å²) in [5, 5.41) is 2.91. The van der Waals surface area contributed by atoms with Crippen LogP contribution in [0.3, 0.4) is 0 Å². The zero-order valence-electron chi connectivity index (χ0n) is 12.6. The molecule has 0 fully saturated rings. The number of carbonyl (C=O) groups is 1. The van der Waals surface area contributed by atoms with Gasteiger partial charge < -0.3 is 10.1 Å². The summed E-state index contributed by atoms with van der Waals surface area (Å²) in [5.74, 6) is 1.88. The van der Waals surface area contributed by atoms with Gasteiger partial charge in [0.15, 0.2) is 0 Å². The Morgan fingerprint density at radius 3 is 2.64 bits per heavy atom. The molecule has 0 unspecified atom stereocenters. The molecule has 2 rings (SSSR count). The highest BCUT2D eigenvalue weighted by molar-refractivity contribution is 9.10. The molecule has 116 valence electrons. The third kappa shape index (κ3) is 5.07. The number of hydrogen-bond acceptors (Lipinski definition) is 3. The molecule has 22 heavy (non-hydrogen) atoms. The number of benzene rings is 2. The van der Waals surface area contributed by atoms with E-state index in [1.807, 2.05) is 37.3 Å². The molecule has 0 radical (unpaired) electrons. The molecule has 3 nitrogen and oxygen atoms in total. The van der Waals surface area contributed by atoms with Gasteiger partial charge in [-0.2, -0.15) is 0 Å². The molecule has 0 aliphatic heterocycles. The number of hydrogen-bond donors (Lipinski definition) is 1. The van der Waals surface area contributed by atoms with Gasteiger partial charge in [-0.05, 0) is 42.3 Å². The van der Waals surface area contributed by atoms with E-state index < -0.39 is 0 Å². The molecule has 0 spiro atoms. The summed E-state index contributed by atoms with van der Waals surface area (Å²) in [7, 11) is 1.60. The first kappa shape index (κ1) is 16.9. The summed E-state index contributed by atoms with van der Waals surface area (Å²) in [6, 6.07) is 13.9. The van der Waals surface area contributed by atoms with Crippen molar-refractivity contribution in [2.24, 2.45) is 0 Å². The van der Waals surface area contributed by atoms with Crippen molar-refractivity contribution in [3.05, 3.63) is 58.1 Å². The SMILES string of the molecule is COc1ccc(C)cc1NC(=O)CSCc1ccc(Br)cc1. The van der Waals surface area contributed by atoms with Crippen molar-refractivity contribution in [1.82, 2.24) is 0 Å². The highest BCUT2D eigenvalue weighted by atomic mass is 79.9. The van der Waals surface area contributed by atoms with Gasteiger partial charge >= 0.3 is 0 Å². The Hall–Kier alpha value is -1.46. The standard InChI is InChI=1S/C17H18BrNO2S/c1-12-3-8-16(21-2)15(9-12)19-17(20)11-22-10-13-4-6-14(18)7-5-13/h3-9H,10-11H2,1-2H3,(H,19,20). The van der Waals surface area contributed by atoms with Gasteiger partial charge in [-0.25, -0.2) is 0 Å². The van der Waals surface area contributed by atoms with Crippen molar-refractivity contribution in [2.45, 2.75) is 12.7 Å². The lowest BCUT2D eigenvalue weighted by Gasteiger charge is -2.11. The first-order chi connectivity index (χ1) is 10.6. The van der Waals surface area contributed by atoms with Gasteiger partial charge in [0.25, 0.3) is 0 Å². The molecule has 0 aliphatic rings. The maximum Gasteiger partial charge on any atom is 0.234 e. The Bertz CT molecular complexity index is 644. The van der Waals surface area contributed by atoms with E-state index in [1.54, 1.807) is 18.9 Å². The summed E-state index contributed by atoms with van der Waals surface area (Å²) in [6.07, 6.45) is 0. The second-order valence-corrected chi connectivity index (χ2v) is 6.77. The predicted octanol–water partition coefficient (Wildman–Crippen LogP) is 4.64. The normalized spacial score (nSPS) is 10.3. The van der Waals surface area contributed by atoms with E-state index >= 15 is 0 Å². The van der Waals surface area contributed by atoms with Crippen LogP contribution in [0.5, 0.6) is 5.75 Å². The van der Waals surface area contributed by atoms with Crippen molar-refractivity contribution < 1.29 is 9.53 Å². The minimum atomic E-state index is -0.0222. The van der Waals surface area contributed by atoms with Crippen molar-refractivity contribution in [3.8, 4) is 5.75 Å². The van der Waals surface area contributed by atoms with E-state index in [0.29, 0.717) is 11.5 Å². The molecule has 0 bridgehead atoms. The van der Waals surface area contributed by atoms with Crippen molar-refractivity contribution in [3.63, 3.8) is 0 Å². The second-order valence-electron chi connectivity index (χ2n) is 4.87. The smallest absolute Gasteiger partial charge is 0.234 e. The highest BCUT2D eigenvalue weighted by Crippen LogP contribution is 2.25. The topological polar surface area (TPSA) is 38.3 Å². The van der Waals surface area contributed by atoms with Crippen molar-refractivity contribution >= 4 is 39.3 Å². The molecular formula is C17H18BrNO2S. The van der Waals surface area contributed by atoms with Crippen LogP contribution in [-0.2, 0) is 10.5 Å². The summed E-state index contributed by atoms with van der Waals surface area (Å²) in [4.78, 5) is 12.0. The molecule has 0 aliphatic carbocycles. The van der Waals surface area contributed by atoms with Crippen LogP contribution in [0.1, 0.15) is 11.1 Å². The second kappa shape index (κ2) is 8.25. The van der Waals surface area contributed by atoms with Crippen LogP contribution in [0.4, 0.5) is 5.69 Å². The number of rotatable bonds is 6.